The minimum atomic E-state index is -4.64. The van der Waals surface area contributed by atoms with Crippen molar-refractivity contribution < 1.29 is 35.5 Å². The molecule has 29 heavy (non-hydrogen) atoms. The van der Waals surface area contributed by atoms with E-state index in [1.807, 2.05) is 0 Å². The minimum absolute atomic E-state index is 0.00248. The van der Waals surface area contributed by atoms with Crippen molar-refractivity contribution in [2.45, 2.75) is 25.6 Å². The molecule has 1 aliphatic heterocycles. The van der Waals surface area contributed by atoms with Gasteiger partial charge in [0.05, 0.1) is 19.0 Å². The predicted octanol–water partition coefficient (Wildman–Crippen LogP) is 3.08. The number of hydrogen-bond donors (Lipinski definition) is 1. The first kappa shape index (κ1) is 21.6. The molecule has 1 aromatic heterocycles. The summed E-state index contributed by atoms with van der Waals surface area (Å²) in [7, 11) is -3.34. The number of benzene rings is 1. The summed E-state index contributed by atoms with van der Waals surface area (Å²) < 4.78 is 79.8. The maximum absolute atomic E-state index is 12.6. The third kappa shape index (κ3) is 5.71. The highest BCUT2D eigenvalue weighted by atomic mass is 32.2. The number of alkyl halides is 3. The van der Waals surface area contributed by atoms with Crippen LogP contribution in [0.25, 0.3) is 11.3 Å². The van der Waals surface area contributed by atoms with Crippen LogP contribution in [-0.4, -0.2) is 45.0 Å². The van der Waals surface area contributed by atoms with E-state index in [-0.39, 0.29) is 30.0 Å². The Morgan fingerprint density at radius 3 is 2.62 bits per heavy atom. The Morgan fingerprint density at radius 2 is 2.00 bits per heavy atom. The third-order valence-electron chi connectivity index (χ3n) is 4.55. The summed E-state index contributed by atoms with van der Waals surface area (Å²) in [5.74, 6) is -0.964. The summed E-state index contributed by atoms with van der Waals surface area (Å²) in [6.07, 6.45) is -3.14. The fraction of sp³-hybridized carbons (Fsp3) is 0.500. The van der Waals surface area contributed by atoms with Gasteiger partial charge in [-0.25, -0.2) is 18.1 Å². The largest absolute Gasteiger partial charge is 0.493 e. The fourth-order valence-corrected chi connectivity index (χ4v) is 3.83. The second-order valence-corrected chi connectivity index (χ2v) is 8.67. The first-order valence-electron chi connectivity index (χ1n) is 9.01. The van der Waals surface area contributed by atoms with Crippen LogP contribution < -0.4 is 9.46 Å². The summed E-state index contributed by atoms with van der Waals surface area (Å²) in [6.45, 7) is 2.65. The molecule has 2 heterocycles. The second-order valence-electron chi connectivity index (χ2n) is 6.62. The molecule has 1 saturated heterocycles. The second kappa shape index (κ2) is 8.72. The molecule has 0 unspecified atom stereocenters. The van der Waals surface area contributed by atoms with Crippen LogP contribution in [0.15, 0.2) is 34.9 Å². The normalized spacial score (nSPS) is 20.6. The van der Waals surface area contributed by atoms with Crippen LogP contribution in [0.4, 0.5) is 13.2 Å². The topological polar surface area (TPSA) is 90.7 Å². The van der Waals surface area contributed by atoms with E-state index in [4.69, 9.17) is 9.47 Å². The predicted molar refractivity (Wildman–Crippen MR) is 97.7 cm³/mol. The van der Waals surface area contributed by atoms with Crippen LogP contribution in [0.3, 0.4) is 0 Å². The molecule has 160 valence electrons. The Labute approximate surface area is 166 Å². The monoisotopic (exact) mass is 434 g/mol. The van der Waals surface area contributed by atoms with E-state index in [0.29, 0.717) is 30.9 Å². The standard InChI is InChI=1S/C18H21F3N2O5S/c1-2-29(24,25)23-15-7-8-26-9-13(15)10-27-14-5-3-12(4-6-14)16-11-28-17(22-16)18(19,20)21/h3-6,11,13,15,23H,2,7-10H2,1H3/t13-,15+/m1/s1. The highest BCUT2D eigenvalue weighted by molar-refractivity contribution is 7.89. The minimum Gasteiger partial charge on any atom is -0.493 e. The van der Waals surface area contributed by atoms with Gasteiger partial charge in [-0.3, -0.25) is 0 Å². The quantitative estimate of drug-likeness (QED) is 0.720. The summed E-state index contributed by atoms with van der Waals surface area (Å²) in [4.78, 5) is 3.44. The average Bonchev–Trinajstić information content (AvgIpc) is 3.18. The maximum atomic E-state index is 12.6. The van der Waals surface area contributed by atoms with Gasteiger partial charge in [0, 0.05) is 24.1 Å². The molecule has 1 N–H and O–H groups in total. The van der Waals surface area contributed by atoms with Crippen LogP contribution in [0.1, 0.15) is 19.2 Å². The van der Waals surface area contributed by atoms with Crippen molar-refractivity contribution >= 4 is 10.0 Å². The van der Waals surface area contributed by atoms with E-state index >= 15 is 0 Å². The van der Waals surface area contributed by atoms with Crippen molar-refractivity contribution in [3.63, 3.8) is 0 Å². The zero-order chi connectivity index (χ0) is 21.1. The number of oxazole rings is 1. The molecular weight excluding hydrogens is 413 g/mol. The van der Waals surface area contributed by atoms with Gasteiger partial charge in [0.25, 0.3) is 0 Å². The first-order valence-corrected chi connectivity index (χ1v) is 10.7. The van der Waals surface area contributed by atoms with Crippen LogP contribution in [0.2, 0.25) is 0 Å². The highest BCUT2D eigenvalue weighted by Crippen LogP contribution is 2.31. The van der Waals surface area contributed by atoms with Crippen LogP contribution in [0.5, 0.6) is 5.75 Å². The summed E-state index contributed by atoms with van der Waals surface area (Å²) in [5.41, 5.74) is 0.518. The van der Waals surface area contributed by atoms with Gasteiger partial charge in [-0.1, -0.05) is 0 Å². The molecule has 3 rings (SSSR count). The number of aromatic nitrogens is 1. The van der Waals surface area contributed by atoms with Gasteiger partial charge in [-0.2, -0.15) is 13.2 Å². The van der Waals surface area contributed by atoms with Crippen molar-refractivity contribution in [1.29, 1.82) is 0 Å². The van der Waals surface area contributed by atoms with Gasteiger partial charge in [-0.15, -0.1) is 0 Å². The van der Waals surface area contributed by atoms with E-state index in [1.165, 1.54) is 0 Å². The molecule has 0 spiro atoms. The summed E-state index contributed by atoms with van der Waals surface area (Å²) in [6, 6.07) is 6.08. The Kier molecular flexibility index (Phi) is 6.49. The lowest BCUT2D eigenvalue weighted by Gasteiger charge is -2.31. The SMILES string of the molecule is CCS(=O)(=O)N[C@H]1CCOC[C@@H]1COc1ccc(-c2coc(C(F)(F)F)n2)cc1. The van der Waals surface area contributed by atoms with Gasteiger partial charge in [-0.05, 0) is 37.6 Å². The van der Waals surface area contributed by atoms with Crippen LogP contribution in [-0.2, 0) is 20.9 Å². The zero-order valence-corrected chi connectivity index (χ0v) is 16.4. The zero-order valence-electron chi connectivity index (χ0n) is 15.6. The van der Waals surface area contributed by atoms with Gasteiger partial charge in [0.1, 0.15) is 17.7 Å². The fourth-order valence-electron chi connectivity index (χ4n) is 2.89. The first-order chi connectivity index (χ1) is 13.7. The lowest BCUT2D eigenvalue weighted by molar-refractivity contribution is -0.157. The molecule has 0 saturated carbocycles. The van der Waals surface area contributed by atoms with E-state index in [1.54, 1.807) is 31.2 Å². The van der Waals surface area contributed by atoms with Crippen LogP contribution >= 0.6 is 0 Å². The summed E-state index contributed by atoms with van der Waals surface area (Å²) in [5, 5.41) is 0. The molecule has 2 atom stereocenters. The molecule has 7 nitrogen and oxygen atoms in total. The molecule has 2 aromatic rings. The molecule has 0 radical (unpaired) electrons. The van der Waals surface area contributed by atoms with Crippen molar-refractivity contribution in [2.24, 2.45) is 5.92 Å². The lowest BCUT2D eigenvalue weighted by atomic mass is 9.98. The van der Waals surface area contributed by atoms with E-state index in [0.717, 1.165) is 6.26 Å². The van der Waals surface area contributed by atoms with Gasteiger partial charge >= 0.3 is 12.1 Å². The molecule has 11 heteroatoms. The molecule has 0 amide bonds. The number of rotatable bonds is 7. The average molecular weight is 434 g/mol. The third-order valence-corrected chi connectivity index (χ3v) is 5.97. The van der Waals surface area contributed by atoms with Crippen molar-refractivity contribution in [1.82, 2.24) is 9.71 Å². The van der Waals surface area contributed by atoms with Crippen molar-refractivity contribution in [3.8, 4) is 17.0 Å². The van der Waals surface area contributed by atoms with E-state index in [9.17, 15) is 21.6 Å². The van der Waals surface area contributed by atoms with Gasteiger partial charge < -0.3 is 13.9 Å². The number of halogens is 3. The Hall–Kier alpha value is -2.11. The van der Waals surface area contributed by atoms with Gasteiger partial charge in [0.2, 0.25) is 10.0 Å². The highest BCUT2D eigenvalue weighted by Gasteiger charge is 2.37. The lowest BCUT2D eigenvalue weighted by Crippen LogP contribution is -2.47. The molecule has 1 aliphatic rings. The number of hydrogen-bond acceptors (Lipinski definition) is 6. The molecule has 0 bridgehead atoms. The molecule has 1 fully saturated rings. The Bertz CT molecular complexity index is 912. The Balaban J connectivity index is 1.61. The smallest absolute Gasteiger partial charge is 0.468 e. The maximum Gasteiger partial charge on any atom is 0.468 e. The van der Waals surface area contributed by atoms with Gasteiger partial charge in [0.15, 0.2) is 0 Å². The molecule has 0 aliphatic carbocycles. The van der Waals surface area contributed by atoms with E-state index in [2.05, 4.69) is 14.1 Å². The van der Waals surface area contributed by atoms with Crippen molar-refractivity contribution in [3.05, 3.63) is 36.4 Å². The van der Waals surface area contributed by atoms with E-state index < -0.39 is 22.1 Å². The number of sulfonamides is 1. The number of nitrogens with zero attached hydrogens (tertiary/aromatic N) is 1. The molecule has 1 aromatic carbocycles. The number of nitrogens with one attached hydrogen (secondary N) is 1. The Morgan fingerprint density at radius 1 is 1.28 bits per heavy atom. The summed E-state index contributed by atoms with van der Waals surface area (Å²) >= 11 is 0. The number of ether oxygens (including phenoxy) is 2. The molecular formula is C18H21F3N2O5S. The van der Waals surface area contributed by atoms with Crippen LogP contribution in [0, 0.1) is 5.92 Å². The van der Waals surface area contributed by atoms with Crippen molar-refractivity contribution in [2.75, 3.05) is 25.6 Å².